The molecule has 0 radical (unpaired) electrons. The highest BCUT2D eigenvalue weighted by Crippen LogP contribution is 2.33. The van der Waals surface area contributed by atoms with Crippen molar-refractivity contribution in [3.63, 3.8) is 0 Å². The van der Waals surface area contributed by atoms with Crippen LogP contribution in [0.4, 0.5) is 0 Å². The largest absolute Gasteiger partial charge is 0.474 e. The minimum absolute atomic E-state index is 0.0791. The zero-order valence-corrected chi connectivity index (χ0v) is 10.5. The molecular formula is C13H19N3O2. The molecule has 1 aromatic rings. The van der Waals surface area contributed by atoms with Crippen LogP contribution in [0.1, 0.15) is 31.7 Å². The number of aromatic nitrogens is 2. The fourth-order valence-corrected chi connectivity index (χ4v) is 2.43. The number of hydrogen-bond acceptors (Lipinski definition) is 4. The predicted molar refractivity (Wildman–Crippen MR) is 67.9 cm³/mol. The first-order valence-corrected chi connectivity index (χ1v) is 6.75. The quantitative estimate of drug-likeness (QED) is 0.844. The molecule has 1 aromatic heterocycles. The fourth-order valence-electron chi connectivity index (χ4n) is 2.43. The van der Waals surface area contributed by atoms with Crippen LogP contribution in [-0.4, -0.2) is 29.2 Å². The third-order valence-electron chi connectivity index (χ3n) is 3.70. The third kappa shape index (κ3) is 2.56. The molecule has 0 amide bonds. The zero-order chi connectivity index (χ0) is 12.4. The molecule has 98 valence electrons. The molecule has 1 unspecified atom stereocenters. The number of hydrogen-bond donors (Lipinski definition) is 1. The van der Waals surface area contributed by atoms with Gasteiger partial charge in [-0.05, 0) is 44.7 Å². The smallest absolute Gasteiger partial charge is 0.313 e. The van der Waals surface area contributed by atoms with Gasteiger partial charge in [0.2, 0.25) is 0 Å². The molecule has 1 aliphatic carbocycles. The number of nitrogens with one attached hydrogen (secondary N) is 1. The highest BCUT2D eigenvalue weighted by molar-refractivity contribution is 5.06. The summed E-state index contributed by atoms with van der Waals surface area (Å²) in [6.45, 7) is 2.75. The minimum atomic E-state index is -0.0791. The van der Waals surface area contributed by atoms with Crippen LogP contribution in [-0.2, 0) is 0 Å². The number of ether oxygens (including phenoxy) is 1. The molecule has 0 aromatic carbocycles. The zero-order valence-electron chi connectivity index (χ0n) is 10.5. The molecule has 1 atom stereocenters. The van der Waals surface area contributed by atoms with Gasteiger partial charge in [0.25, 0.3) is 5.88 Å². The van der Waals surface area contributed by atoms with Crippen LogP contribution < -0.4 is 15.6 Å². The average molecular weight is 249 g/mol. The Hall–Kier alpha value is -1.36. The van der Waals surface area contributed by atoms with Gasteiger partial charge in [0, 0.05) is 18.4 Å². The topological polar surface area (TPSA) is 56.1 Å². The molecule has 5 heteroatoms. The molecule has 3 rings (SSSR count). The lowest BCUT2D eigenvalue weighted by Crippen LogP contribution is -2.22. The van der Waals surface area contributed by atoms with E-state index in [0.717, 1.165) is 32.4 Å². The summed E-state index contributed by atoms with van der Waals surface area (Å²) >= 11 is 0. The molecule has 2 heterocycles. The summed E-state index contributed by atoms with van der Waals surface area (Å²) in [6.07, 6.45) is 7.80. The predicted octanol–water partition coefficient (Wildman–Crippen LogP) is 0.957. The van der Waals surface area contributed by atoms with Gasteiger partial charge in [-0.1, -0.05) is 0 Å². The monoisotopic (exact) mass is 249 g/mol. The van der Waals surface area contributed by atoms with Crippen LogP contribution in [0.5, 0.6) is 5.88 Å². The van der Waals surface area contributed by atoms with Gasteiger partial charge in [-0.2, -0.15) is 0 Å². The lowest BCUT2D eigenvalue weighted by atomic mass is 10.1. The summed E-state index contributed by atoms with van der Waals surface area (Å²) in [7, 11) is 0. The highest BCUT2D eigenvalue weighted by Gasteiger charge is 2.25. The molecular weight excluding hydrogens is 230 g/mol. The van der Waals surface area contributed by atoms with E-state index < -0.39 is 0 Å². The van der Waals surface area contributed by atoms with E-state index in [-0.39, 0.29) is 11.4 Å². The average Bonchev–Trinajstić information content (AvgIpc) is 3.09. The van der Waals surface area contributed by atoms with Gasteiger partial charge >= 0.3 is 5.56 Å². The summed E-state index contributed by atoms with van der Waals surface area (Å²) in [4.78, 5) is 16.1. The van der Waals surface area contributed by atoms with E-state index >= 15 is 0 Å². The summed E-state index contributed by atoms with van der Waals surface area (Å²) in [5.41, 5.74) is -0.0791. The summed E-state index contributed by atoms with van der Waals surface area (Å²) < 4.78 is 7.29. The minimum Gasteiger partial charge on any atom is -0.474 e. The van der Waals surface area contributed by atoms with Crippen molar-refractivity contribution in [3.05, 3.63) is 22.7 Å². The van der Waals surface area contributed by atoms with Crippen molar-refractivity contribution >= 4 is 0 Å². The standard InChI is InChI=1S/C13H19N3O2/c17-13-12(15-6-7-16(13)11-1-2-11)18-8-4-10-3-5-14-9-10/h6-7,10-11,14H,1-5,8-9H2. The van der Waals surface area contributed by atoms with Crippen molar-refractivity contribution < 1.29 is 4.74 Å². The number of rotatable bonds is 5. The van der Waals surface area contributed by atoms with Crippen LogP contribution in [0.25, 0.3) is 0 Å². The first kappa shape index (κ1) is 11.7. The van der Waals surface area contributed by atoms with Gasteiger partial charge in [0.15, 0.2) is 0 Å². The maximum atomic E-state index is 12.0. The molecule has 2 fully saturated rings. The normalized spacial score (nSPS) is 23.2. The van der Waals surface area contributed by atoms with E-state index in [0.29, 0.717) is 18.6 Å². The molecule has 1 saturated carbocycles. The molecule has 1 N–H and O–H groups in total. The number of nitrogens with zero attached hydrogens (tertiary/aromatic N) is 2. The van der Waals surface area contributed by atoms with E-state index in [2.05, 4.69) is 10.3 Å². The molecule has 5 nitrogen and oxygen atoms in total. The van der Waals surface area contributed by atoms with Crippen molar-refractivity contribution in [2.45, 2.75) is 31.7 Å². The fraction of sp³-hybridized carbons (Fsp3) is 0.692. The maximum Gasteiger partial charge on any atom is 0.313 e. The Balaban J connectivity index is 1.58. The van der Waals surface area contributed by atoms with Crippen LogP contribution >= 0.6 is 0 Å². The maximum absolute atomic E-state index is 12.0. The van der Waals surface area contributed by atoms with Gasteiger partial charge in [0.05, 0.1) is 6.61 Å². The third-order valence-corrected chi connectivity index (χ3v) is 3.70. The Morgan fingerprint density at radius 2 is 2.33 bits per heavy atom. The Kier molecular flexibility index (Phi) is 3.32. The van der Waals surface area contributed by atoms with Crippen molar-refractivity contribution in [1.82, 2.24) is 14.9 Å². The van der Waals surface area contributed by atoms with E-state index in [9.17, 15) is 4.79 Å². The Morgan fingerprint density at radius 1 is 1.44 bits per heavy atom. The van der Waals surface area contributed by atoms with Crippen molar-refractivity contribution in [1.29, 1.82) is 0 Å². The van der Waals surface area contributed by atoms with Gasteiger partial charge < -0.3 is 14.6 Å². The van der Waals surface area contributed by atoms with Crippen molar-refractivity contribution in [2.75, 3.05) is 19.7 Å². The second-order valence-corrected chi connectivity index (χ2v) is 5.17. The van der Waals surface area contributed by atoms with E-state index in [4.69, 9.17) is 4.74 Å². The van der Waals surface area contributed by atoms with Gasteiger partial charge in [-0.15, -0.1) is 0 Å². The van der Waals surface area contributed by atoms with Gasteiger partial charge in [-0.3, -0.25) is 4.79 Å². The molecule has 18 heavy (non-hydrogen) atoms. The first-order chi connectivity index (χ1) is 8.84. The Labute approximate surface area is 106 Å². The molecule has 1 aliphatic heterocycles. The van der Waals surface area contributed by atoms with E-state index in [1.54, 1.807) is 17.0 Å². The first-order valence-electron chi connectivity index (χ1n) is 6.75. The lowest BCUT2D eigenvalue weighted by molar-refractivity contribution is 0.268. The molecule has 2 aliphatic rings. The van der Waals surface area contributed by atoms with Gasteiger partial charge in [-0.25, -0.2) is 4.98 Å². The van der Waals surface area contributed by atoms with E-state index in [1.807, 2.05) is 0 Å². The summed E-state index contributed by atoms with van der Waals surface area (Å²) in [5, 5.41) is 3.33. The molecule has 0 bridgehead atoms. The molecule has 1 saturated heterocycles. The van der Waals surface area contributed by atoms with E-state index in [1.165, 1.54) is 6.42 Å². The SMILES string of the molecule is O=c1c(OCCC2CCNC2)nccn1C1CC1. The highest BCUT2D eigenvalue weighted by atomic mass is 16.5. The van der Waals surface area contributed by atoms with Crippen LogP contribution in [0, 0.1) is 5.92 Å². The lowest BCUT2D eigenvalue weighted by Gasteiger charge is -2.10. The Bertz CT molecular complexity index is 462. The molecule has 0 spiro atoms. The summed E-state index contributed by atoms with van der Waals surface area (Å²) in [6, 6.07) is 0.377. The van der Waals surface area contributed by atoms with Crippen LogP contribution in [0.15, 0.2) is 17.2 Å². The van der Waals surface area contributed by atoms with Gasteiger partial charge in [0.1, 0.15) is 0 Å². The van der Waals surface area contributed by atoms with Crippen LogP contribution in [0.2, 0.25) is 0 Å². The summed E-state index contributed by atoms with van der Waals surface area (Å²) in [5.74, 6) is 0.940. The van der Waals surface area contributed by atoms with Crippen LogP contribution in [0.3, 0.4) is 0 Å². The Morgan fingerprint density at radius 3 is 3.06 bits per heavy atom. The second kappa shape index (κ2) is 5.10. The second-order valence-electron chi connectivity index (χ2n) is 5.17. The van der Waals surface area contributed by atoms with Crippen molar-refractivity contribution in [3.8, 4) is 5.88 Å². The van der Waals surface area contributed by atoms with Crippen molar-refractivity contribution in [2.24, 2.45) is 5.92 Å².